The van der Waals surface area contributed by atoms with Gasteiger partial charge >= 0.3 is 0 Å². The van der Waals surface area contributed by atoms with E-state index in [0.29, 0.717) is 17.2 Å². The summed E-state index contributed by atoms with van der Waals surface area (Å²) in [6, 6.07) is 21.2. The zero-order chi connectivity index (χ0) is 17.9. The van der Waals surface area contributed by atoms with E-state index in [4.69, 9.17) is 4.74 Å². The molecule has 0 aliphatic rings. The third kappa shape index (κ3) is 4.39. The Morgan fingerprint density at radius 3 is 1.96 bits per heavy atom. The number of rotatable bonds is 5. The Labute approximate surface area is 148 Å². The maximum atomic E-state index is 12.5. The smallest absolute Gasteiger partial charge is 0.261 e. The molecule has 0 saturated carbocycles. The zero-order valence-electron chi connectivity index (χ0n) is 14.1. The maximum Gasteiger partial charge on any atom is 0.261 e. The standard InChI is InChI=1S/C20H19NO3S/c1-15-6-8-18(9-7-15)24-19-10-12-20(13-11-19)25(22,23)21-17-5-3-4-16(2)14-17/h3-14,21H,1-2H3. The molecule has 0 bridgehead atoms. The molecule has 0 unspecified atom stereocenters. The van der Waals surface area contributed by atoms with Crippen LogP contribution in [-0.2, 0) is 10.0 Å². The Kier molecular flexibility index (Phi) is 4.76. The number of ether oxygens (including phenoxy) is 1. The zero-order valence-corrected chi connectivity index (χ0v) is 14.9. The second kappa shape index (κ2) is 6.99. The summed E-state index contributed by atoms with van der Waals surface area (Å²) >= 11 is 0. The number of benzene rings is 3. The van der Waals surface area contributed by atoms with Gasteiger partial charge in [0.1, 0.15) is 11.5 Å². The first-order valence-electron chi connectivity index (χ1n) is 7.86. The van der Waals surface area contributed by atoms with Gasteiger partial charge in [-0.1, -0.05) is 29.8 Å². The Bertz CT molecular complexity index is 963. The molecule has 5 heteroatoms. The second-order valence-electron chi connectivity index (χ2n) is 5.86. The van der Waals surface area contributed by atoms with Gasteiger partial charge in [-0.05, 0) is 67.9 Å². The Morgan fingerprint density at radius 1 is 0.760 bits per heavy atom. The Hall–Kier alpha value is -2.79. The maximum absolute atomic E-state index is 12.5. The van der Waals surface area contributed by atoms with E-state index in [2.05, 4.69) is 4.72 Å². The van der Waals surface area contributed by atoms with Crippen molar-refractivity contribution in [2.24, 2.45) is 0 Å². The van der Waals surface area contributed by atoms with E-state index in [9.17, 15) is 8.42 Å². The van der Waals surface area contributed by atoms with Gasteiger partial charge in [-0.3, -0.25) is 4.72 Å². The summed E-state index contributed by atoms with van der Waals surface area (Å²) in [5.74, 6) is 1.29. The van der Waals surface area contributed by atoms with Gasteiger partial charge in [0, 0.05) is 5.69 Å². The van der Waals surface area contributed by atoms with Crippen molar-refractivity contribution >= 4 is 15.7 Å². The average Bonchev–Trinajstić information content (AvgIpc) is 2.57. The minimum absolute atomic E-state index is 0.185. The molecule has 0 aliphatic heterocycles. The van der Waals surface area contributed by atoms with Crippen LogP contribution in [0.5, 0.6) is 11.5 Å². The van der Waals surface area contributed by atoms with Crippen molar-refractivity contribution < 1.29 is 13.2 Å². The van der Waals surface area contributed by atoms with Crippen molar-refractivity contribution in [3.63, 3.8) is 0 Å². The highest BCUT2D eigenvalue weighted by molar-refractivity contribution is 7.92. The van der Waals surface area contributed by atoms with Gasteiger partial charge in [0.2, 0.25) is 0 Å². The monoisotopic (exact) mass is 353 g/mol. The quantitative estimate of drug-likeness (QED) is 0.710. The lowest BCUT2D eigenvalue weighted by atomic mass is 10.2. The molecule has 3 rings (SSSR count). The highest BCUT2D eigenvalue weighted by atomic mass is 32.2. The molecule has 3 aromatic rings. The van der Waals surface area contributed by atoms with Crippen LogP contribution in [0.25, 0.3) is 0 Å². The van der Waals surface area contributed by atoms with Crippen LogP contribution >= 0.6 is 0 Å². The predicted octanol–water partition coefficient (Wildman–Crippen LogP) is 4.90. The molecule has 4 nitrogen and oxygen atoms in total. The van der Waals surface area contributed by atoms with Gasteiger partial charge in [-0.15, -0.1) is 0 Å². The molecule has 0 amide bonds. The number of anilines is 1. The number of hydrogen-bond acceptors (Lipinski definition) is 3. The topological polar surface area (TPSA) is 55.4 Å². The molecule has 0 atom stereocenters. The molecule has 0 aliphatic carbocycles. The van der Waals surface area contributed by atoms with Gasteiger partial charge in [0.05, 0.1) is 4.90 Å². The molecule has 0 radical (unpaired) electrons. The average molecular weight is 353 g/mol. The summed E-state index contributed by atoms with van der Waals surface area (Å²) in [5, 5.41) is 0. The van der Waals surface area contributed by atoms with Crippen LogP contribution in [-0.4, -0.2) is 8.42 Å². The van der Waals surface area contributed by atoms with Gasteiger partial charge < -0.3 is 4.74 Å². The highest BCUT2D eigenvalue weighted by Gasteiger charge is 2.14. The molecule has 0 fully saturated rings. The molecular formula is C20H19NO3S. The fourth-order valence-electron chi connectivity index (χ4n) is 2.35. The lowest BCUT2D eigenvalue weighted by molar-refractivity contribution is 0.482. The normalized spacial score (nSPS) is 11.1. The van der Waals surface area contributed by atoms with E-state index >= 15 is 0 Å². The van der Waals surface area contributed by atoms with E-state index in [1.165, 1.54) is 12.1 Å². The molecule has 0 aromatic heterocycles. The number of nitrogens with one attached hydrogen (secondary N) is 1. The summed E-state index contributed by atoms with van der Waals surface area (Å²) in [7, 11) is -3.63. The Morgan fingerprint density at radius 2 is 1.36 bits per heavy atom. The summed E-state index contributed by atoms with van der Waals surface area (Å²) in [4.78, 5) is 0.185. The van der Waals surface area contributed by atoms with Crippen LogP contribution in [0, 0.1) is 13.8 Å². The molecular weight excluding hydrogens is 334 g/mol. The van der Waals surface area contributed by atoms with Gasteiger partial charge in [-0.25, -0.2) is 8.42 Å². The van der Waals surface area contributed by atoms with E-state index < -0.39 is 10.0 Å². The van der Waals surface area contributed by atoms with Crippen molar-refractivity contribution in [2.75, 3.05) is 4.72 Å². The van der Waals surface area contributed by atoms with Crippen molar-refractivity contribution in [3.05, 3.63) is 83.9 Å². The fraction of sp³-hybridized carbons (Fsp3) is 0.100. The van der Waals surface area contributed by atoms with Crippen LogP contribution in [0.1, 0.15) is 11.1 Å². The van der Waals surface area contributed by atoms with Crippen LogP contribution in [0.2, 0.25) is 0 Å². The van der Waals surface area contributed by atoms with Crippen molar-refractivity contribution in [2.45, 2.75) is 18.7 Å². The van der Waals surface area contributed by atoms with Crippen LogP contribution in [0.15, 0.2) is 77.7 Å². The molecule has 3 aromatic carbocycles. The fourth-order valence-corrected chi connectivity index (χ4v) is 3.40. The number of hydrogen-bond donors (Lipinski definition) is 1. The van der Waals surface area contributed by atoms with Crippen LogP contribution < -0.4 is 9.46 Å². The SMILES string of the molecule is Cc1ccc(Oc2ccc(S(=O)(=O)Nc3cccc(C)c3)cc2)cc1. The molecule has 128 valence electrons. The second-order valence-corrected chi connectivity index (χ2v) is 7.54. The third-order valence-corrected chi connectivity index (χ3v) is 5.06. The largest absolute Gasteiger partial charge is 0.457 e. The van der Waals surface area contributed by atoms with Gasteiger partial charge in [0.15, 0.2) is 0 Å². The summed E-state index contributed by atoms with van der Waals surface area (Å²) in [6.07, 6.45) is 0. The lowest BCUT2D eigenvalue weighted by Crippen LogP contribution is -2.12. The minimum Gasteiger partial charge on any atom is -0.457 e. The van der Waals surface area contributed by atoms with Crippen LogP contribution in [0.3, 0.4) is 0 Å². The molecule has 0 saturated heterocycles. The van der Waals surface area contributed by atoms with Crippen molar-refractivity contribution in [1.29, 1.82) is 0 Å². The number of aryl methyl sites for hydroxylation is 2. The highest BCUT2D eigenvalue weighted by Crippen LogP contribution is 2.24. The molecule has 25 heavy (non-hydrogen) atoms. The van der Waals surface area contributed by atoms with E-state index in [1.807, 2.05) is 50.2 Å². The van der Waals surface area contributed by atoms with Crippen molar-refractivity contribution in [3.8, 4) is 11.5 Å². The first-order valence-corrected chi connectivity index (χ1v) is 9.35. The molecule has 0 heterocycles. The number of sulfonamides is 1. The lowest BCUT2D eigenvalue weighted by Gasteiger charge is -2.10. The van der Waals surface area contributed by atoms with E-state index in [0.717, 1.165) is 11.1 Å². The van der Waals surface area contributed by atoms with Gasteiger partial charge in [-0.2, -0.15) is 0 Å². The third-order valence-electron chi connectivity index (χ3n) is 3.66. The minimum atomic E-state index is -3.63. The first kappa shape index (κ1) is 17.0. The van der Waals surface area contributed by atoms with Crippen LogP contribution in [0.4, 0.5) is 5.69 Å². The first-order chi connectivity index (χ1) is 11.9. The van der Waals surface area contributed by atoms with E-state index in [-0.39, 0.29) is 4.90 Å². The van der Waals surface area contributed by atoms with Gasteiger partial charge in [0.25, 0.3) is 10.0 Å². The van der Waals surface area contributed by atoms with E-state index in [1.54, 1.807) is 24.3 Å². The molecule has 0 spiro atoms. The molecule has 1 N–H and O–H groups in total. The predicted molar refractivity (Wildman–Crippen MR) is 99.7 cm³/mol. The van der Waals surface area contributed by atoms with Crippen molar-refractivity contribution in [1.82, 2.24) is 0 Å². The Balaban J connectivity index is 1.75. The summed E-state index contributed by atoms with van der Waals surface area (Å²) in [5.41, 5.74) is 2.68. The summed E-state index contributed by atoms with van der Waals surface area (Å²) < 4.78 is 33.2. The summed E-state index contributed by atoms with van der Waals surface area (Å²) in [6.45, 7) is 3.92.